The second-order valence-electron chi connectivity index (χ2n) is 6.26. The minimum Gasteiger partial charge on any atom is -0.289 e. The van der Waals surface area contributed by atoms with Crippen molar-refractivity contribution < 1.29 is 27.2 Å². The van der Waals surface area contributed by atoms with Gasteiger partial charge < -0.3 is 0 Å². The summed E-state index contributed by atoms with van der Waals surface area (Å²) in [7, 11) is 0. The van der Waals surface area contributed by atoms with Gasteiger partial charge in [-0.05, 0) is 18.6 Å². The molecular formula is C20H16F4NO2+. The number of benzene rings is 1. The first-order valence-electron chi connectivity index (χ1n) is 8.38. The van der Waals surface area contributed by atoms with Gasteiger partial charge in [-0.3, -0.25) is 14.6 Å². The van der Waals surface area contributed by atoms with Crippen LogP contribution in [0.4, 0.5) is 17.6 Å². The zero-order valence-corrected chi connectivity index (χ0v) is 14.4. The second kappa shape index (κ2) is 7.06. The molecule has 140 valence electrons. The molecule has 0 bridgehead atoms. The average molecular weight is 378 g/mol. The van der Waals surface area contributed by atoms with E-state index in [1.165, 1.54) is 0 Å². The number of aromatic nitrogens is 1. The largest absolute Gasteiger partial charge is 0.417 e. The third-order valence-electron chi connectivity index (χ3n) is 4.44. The van der Waals surface area contributed by atoms with E-state index in [1.807, 2.05) is 6.92 Å². The van der Waals surface area contributed by atoms with Crippen LogP contribution in [0.15, 0.2) is 47.7 Å². The molecule has 1 aliphatic carbocycles. The molecule has 3 nitrogen and oxygen atoms in total. The number of ketones is 2. The van der Waals surface area contributed by atoms with Crippen molar-refractivity contribution in [1.29, 1.82) is 0 Å². The number of Topliss-reactive ketones (excluding diaryl/α,β-unsaturated/α-hetero) is 1. The normalized spacial score (nSPS) is 14.6. The highest BCUT2D eigenvalue weighted by molar-refractivity contribution is 6.27. The highest BCUT2D eigenvalue weighted by Crippen LogP contribution is 2.32. The van der Waals surface area contributed by atoms with E-state index >= 15 is 0 Å². The van der Waals surface area contributed by atoms with Crippen LogP contribution in [0.5, 0.6) is 0 Å². The van der Waals surface area contributed by atoms with Crippen LogP contribution in [0.25, 0.3) is 0 Å². The van der Waals surface area contributed by atoms with Crippen LogP contribution < -0.4 is 0 Å². The predicted molar refractivity (Wildman–Crippen MR) is 91.7 cm³/mol. The maximum atomic E-state index is 14.2. The van der Waals surface area contributed by atoms with Crippen LogP contribution in [-0.4, -0.2) is 21.3 Å². The Bertz CT molecular complexity index is 961. The van der Waals surface area contributed by atoms with Crippen molar-refractivity contribution in [1.82, 2.24) is 4.98 Å². The summed E-state index contributed by atoms with van der Waals surface area (Å²) in [5, 5.41) is 0. The van der Waals surface area contributed by atoms with Gasteiger partial charge in [-0.25, -0.2) is 4.39 Å². The SMILES string of the molecule is CCCC1=C(Cc2ncc(C(F)(F)F)cc2F)C(=[OH+])c2ccccc2C1=O. The average Bonchev–Trinajstić information content (AvgIpc) is 2.63. The number of carbonyl (C=O) groups is 1. The van der Waals surface area contributed by atoms with Gasteiger partial charge in [0.2, 0.25) is 0 Å². The molecule has 3 rings (SSSR count). The fourth-order valence-corrected chi connectivity index (χ4v) is 3.12. The van der Waals surface area contributed by atoms with Gasteiger partial charge in [0.1, 0.15) is 5.82 Å². The summed E-state index contributed by atoms with van der Waals surface area (Å²) in [5.74, 6) is -1.57. The van der Waals surface area contributed by atoms with Gasteiger partial charge in [-0.2, -0.15) is 13.2 Å². The van der Waals surface area contributed by atoms with Gasteiger partial charge in [-0.1, -0.05) is 31.5 Å². The molecule has 0 radical (unpaired) electrons. The first-order chi connectivity index (χ1) is 12.7. The zero-order chi connectivity index (χ0) is 19.8. The molecule has 0 amide bonds. The summed E-state index contributed by atoms with van der Waals surface area (Å²) in [4.78, 5) is 27.0. The number of fused-ring (bicyclic) bond motifs is 1. The minimum absolute atomic E-state index is 0.172. The second-order valence-corrected chi connectivity index (χ2v) is 6.26. The van der Waals surface area contributed by atoms with Crippen LogP contribution in [0.2, 0.25) is 0 Å². The lowest BCUT2D eigenvalue weighted by Crippen LogP contribution is -2.24. The molecule has 1 heterocycles. The maximum absolute atomic E-state index is 14.2. The summed E-state index contributed by atoms with van der Waals surface area (Å²) < 4.78 is 52.3. The lowest BCUT2D eigenvalue weighted by molar-refractivity contribution is -0.138. The van der Waals surface area contributed by atoms with E-state index < -0.39 is 17.6 Å². The summed E-state index contributed by atoms with van der Waals surface area (Å²) in [5.41, 5.74) is -0.246. The number of hydrogen-bond donors (Lipinski definition) is 0. The molecule has 1 aromatic heterocycles. The van der Waals surface area contributed by atoms with Gasteiger partial charge in [0.05, 0.1) is 22.4 Å². The minimum atomic E-state index is -4.70. The van der Waals surface area contributed by atoms with Crippen molar-refractivity contribution in [3.05, 3.63) is 75.9 Å². The molecule has 1 aliphatic rings. The number of nitrogens with zero attached hydrogens (tertiary/aromatic N) is 1. The molecule has 1 aromatic carbocycles. The molecule has 2 aromatic rings. The Morgan fingerprint density at radius 1 is 1.11 bits per heavy atom. The Kier molecular flexibility index (Phi) is 4.95. The smallest absolute Gasteiger partial charge is 0.289 e. The topological polar surface area (TPSA) is 51.4 Å². The molecule has 7 heteroatoms. The van der Waals surface area contributed by atoms with Gasteiger partial charge in [-0.15, -0.1) is 0 Å². The van der Waals surface area contributed by atoms with E-state index in [0.29, 0.717) is 41.8 Å². The quantitative estimate of drug-likeness (QED) is 0.574. The Labute approximate surface area is 152 Å². The van der Waals surface area contributed by atoms with Crippen LogP contribution in [0.3, 0.4) is 0 Å². The fourth-order valence-electron chi connectivity index (χ4n) is 3.12. The Balaban J connectivity index is 2.05. The first kappa shape index (κ1) is 18.9. The van der Waals surface area contributed by atoms with Gasteiger partial charge in [0.15, 0.2) is 5.78 Å². The third-order valence-corrected chi connectivity index (χ3v) is 4.44. The Hall–Kier alpha value is -2.83. The number of hydrogen-bond acceptors (Lipinski definition) is 2. The number of carbonyl (C=O) groups excluding carboxylic acids is 2. The molecule has 1 N–H and O–H groups in total. The zero-order valence-electron chi connectivity index (χ0n) is 14.4. The van der Waals surface area contributed by atoms with Crippen LogP contribution in [0, 0.1) is 5.82 Å². The van der Waals surface area contributed by atoms with Crippen molar-refractivity contribution >= 4 is 11.6 Å². The number of allylic oxidation sites excluding steroid dienone is 2. The van der Waals surface area contributed by atoms with Crippen molar-refractivity contribution in [2.75, 3.05) is 0 Å². The van der Waals surface area contributed by atoms with Gasteiger partial charge in [0, 0.05) is 23.8 Å². The molecule has 0 aliphatic heterocycles. The van der Waals surface area contributed by atoms with Crippen molar-refractivity contribution in [2.24, 2.45) is 0 Å². The van der Waals surface area contributed by atoms with E-state index in [0.717, 1.165) is 0 Å². The van der Waals surface area contributed by atoms with E-state index in [1.54, 1.807) is 24.3 Å². The van der Waals surface area contributed by atoms with Crippen molar-refractivity contribution in [2.45, 2.75) is 32.4 Å². The molecule has 0 unspecified atom stereocenters. The number of alkyl halides is 3. The maximum Gasteiger partial charge on any atom is 0.417 e. The van der Waals surface area contributed by atoms with Crippen molar-refractivity contribution in [3.63, 3.8) is 0 Å². The number of halogens is 4. The Morgan fingerprint density at radius 2 is 1.78 bits per heavy atom. The fraction of sp³-hybridized carbons (Fsp3) is 0.250. The lowest BCUT2D eigenvalue weighted by atomic mass is 9.80. The molecule has 0 spiro atoms. The van der Waals surface area contributed by atoms with E-state index in [9.17, 15) is 27.2 Å². The number of pyridine rings is 1. The van der Waals surface area contributed by atoms with E-state index in [4.69, 9.17) is 0 Å². The van der Waals surface area contributed by atoms with Crippen LogP contribution in [-0.2, 0) is 12.6 Å². The molecule has 0 atom stereocenters. The van der Waals surface area contributed by atoms with Gasteiger partial charge >= 0.3 is 12.0 Å². The summed E-state index contributed by atoms with van der Waals surface area (Å²) in [6.45, 7) is 1.85. The van der Waals surface area contributed by atoms with Crippen LogP contribution >= 0.6 is 0 Å². The lowest BCUT2D eigenvalue weighted by Gasteiger charge is -2.18. The molecule has 0 fully saturated rings. The number of rotatable bonds is 4. The highest BCUT2D eigenvalue weighted by Gasteiger charge is 2.37. The van der Waals surface area contributed by atoms with E-state index in [2.05, 4.69) is 4.98 Å². The van der Waals surface area contributed by atoms with E-state index in [-0.39, 0.29) is 29.3 Å². The molecule has 0 saturated heterocycles. The Morgan fingerprint density at radius 3 is 2.37 bits per heavy atom. The molecule has 0 saturated carbocycles. The highest BCUT2D eigenvalue weighted by atomic mass is 19.4. The molecular weight excluding hydrogens is 362 g/mol. The van der Waals surface area contributed by atoms with Gasteiger partial charge in [0.25, 0.3) is 0 Å². The van der Waals surface area contributed by atoms with Crippen LogP contribution in [0.1, 0.15) is 46.9 Å². The predicted octanol–water partition coefficient (Wildman–Crippen LogP) is 4.67. The summed E-state index contributed by atoms with van der Waals surface area (Å²) >= 11 is 0. The standard InChI is InChI=1S/C20H15F4NO2/c1-2-5-12-15(19(27)14-7-4-3-6-13(14)18(12)26)9-17-16(21)8-11(10-25-17)20(22,23)24/h3-4,6-8,10H,2,5,9H2,1H3/p+1. The third kappa shape index (κ3) is 3.54. The van der Waals surface area contributed by atoms with Crippen molar-refractivity contribution in [3.8, 4) is 0 Å². The molecule has 27 heavy (non-hydrogen) atoms. The summed E-state index contributed by atoms with van der Waals surface area (Å²) in [6, 6.07) is 6.87. The monoisotopic (exact) mass is 378 g/mol. The summed E-state index contributed by atoms with van der Waals surface area (Å²) in [6.07, 6.45) is -3.45. The first-order valence-corrected chi connectivity index (χ1v) is 8.38.